The number of carboxylic acids is 1. The molecule has 158 valence electrons. The average Bonchev–Trinajstić information content (AvgIpc) is 3.49. The molecule has 0 bridgehead atoms. The standard InChI is InChI=1S/C21H25N5O4/c1-12-10-15-16(11-14(12)22-13-7-8-13)26(9-5-3-2-4-6-17(27)28)19-18(23-15)20(29)25-21(30)24-19/h10-11,13,22H,2-9H2,1H3,(H,27,28)(H,25,29,30). The minimum atomic E-state index is -0.784. The Morgan fingerprint density at radius 2 is 1.97 bits per heavy atom. The zero-order chi connectivity index (χ0) is 21.3. The van der Waals surface area contributed by atoms with Gasteiger partial charge in [0.2, 0.25) is 0 Å². The largest absolute Gasteiger partial charge is 0.481 e. The Kier molecular flexibility index (Phi) is 5.52. The van der Waals surface area contributed by atoms with Gasteiger partial charge in [0.1, 0.15) is 0 Å². The minimum Gasteiger partial charge on any atom is -0.481 e. The van der Waals surface area contributed by atoms with Crippen LogP contribution in [-0.4, -0.2) is 36.6 Å². The summed E-state index contributed by atoms with van der Waals surface area (Å²) in [6, 6.07) is 4.46. The van der Waals surface area contributed by atoms with Gasteiger partial charge in [-0.2, -0.15) is 4.98 Å². The van der Waals surface area contributed by atoms with E-state index in [4.69, 9.17) is 5.11 Å². The second-order valence-corrected chi connectivity index (χ2v) is 7.94. The molecule has 2 heterocycles. The fraction of sp³-hybridized carbons (Fsp3) is 0.476. The van der Waals surface area contributed by atoms with E-state index in [0.29, 0.717) is 24.5 Å². The summed E-state index contributed by atoms with van der Waals surface area (Å²) in [5, 5.41) is 12.3. The number of fused-ring (bicyclic) bond motifs is 2. The maximum Gasteiger partial charge on any atom is 0.349 e. The quantitative estimate of drug-likeness (QED) is 0.364. The molecule has 4 rings (SSSR count). The van der Waals surface area contributed by atoms with E-state index in [1.165, 1.54) is 0 Å². The van der Waals surface area contributed by atoms with E-state index in [1.807, 2.05) is 23.6 Å². The first-order chi connectivity index (χ1) is 14.4. The van der Waals surface area contributed by atoms with Crippen molar-refractivity contribution in [3.63, 3.8) is 0 Å². The number of benzene rings is 1. The monoisotopic (exact) mass is 411 g/mol. The highest BCUT2D eigenvalue weighted by Gasteiger charge is 2.23. The molecule has 0 aromatic heterocycles. The maximum atomic E-state index is 12.3. The molecule has 1 aliphatic carbocycles. The number of aliphatic carboxylic acids is 1. The number of carbonyl (C=O) groups is 1. The summed E-state index contributed by atoms with van der Waals surface area (Å²) in [5.74, 6) is -0.504. The molecule has 0 amide bonds. The number of rotatable bonds is 9. The smallest absolute Gasteiger partial charge is 0.349 e. The summed E-state index contributed by atoms with van der Waals surface area (Å²) < 4.78 is 1.89. The third-order valence-electron chi connectivity index (χ3n) is 5.41. The summed E-state index contributed by atoms with van der Waals surface area (Å²) in [4.78, 5) is 45.6. The zero-order valence-electron chi connectivity index (χ0n) is 16.9. The molecule has 0 radical (unpaired) electrons. The van der Waals surface area contributed by atoms with Gasteiger partial charge in [-0.25, -0.2) is 9.78 Å². The maximum absolute atomic E-state index is 12.3. The van der Waals surface area contributed by atoms with Crippen molar-refractivity contribution in [2.24, 2.45) is 0 Å². The van der Waals surface area contributed by atoms with Gasteiger partial charge in [0, 0.05) is 24.7 Å². The van der Waals surface area contributed by atoms with Crippen LogP contribution >= 0.6 is 0 Å². The van der Waals surface area contributed by atoms with Crippen molar-refractivity contribution in [3.05, 3.63) is 38.5 Å². The lowest BCUT2D eigenvalue weighted by Gasteiger charge is -2.19. The predicted molar refractivity (Wildman–Crippen MR) is 113 cm³/mol. The van der Waals surface area contributed by atoms with Crippen LogP contribution in [0.5, 0.6) is 0 Å². The molecule has 9 nitrogen and oxygen atoms in total. The van der Waals surface area contributed by atoms with Crippen molar-refractivity contribution in [1.82, 2.24) is 19.5 Å². The molecule has 1 saturated carbocycles. The first kappa shape index (κ1) is 20.1. The highest BCUT2D eigenvalue weighted by molar-refractivity contribution is 5.84. The van der Waals surface area contributed by atoms with Crippen molar-refractivity contribution in [2.45, 2.75) is 64.5 Å². The number of aromatic amines is 1. The number of hydrogen-bond acceptors (Lipinski definition) is 6. The Balaban J connectivity index is 1.71. The lowest BCUT2D eigenvalue weighted by atomic mass is 10.1. The van der Waals surface area contributed by atoms with Crippen LogP contribution < -0.4 is 16.6 Å². The van der Waals surface area contributed by atoms with Crippen LogP contribution in [0.25, 0.3) is 22.6 Å². The van der Waals surface area contributed by atoms with Gasteiger partial charge < -0.3 is 15.0 Å². The molecule has 0 atom stereocenters. The molecule has 3 aliphatic rings. The van der Waals surface area contributed by atoms with E-state index in [-0.39, 0.29) is 17.9 Å². The molecule has 30 heavy (non-hydrogen) atoms. The van der Waals surface area contributed by atoms with E-state index in [1.54, 1.807) is 0 Å². The molecule has 1 aromatic rings. The predicted octanol–water partition coefficient (Wildman–Crippen LogP) is 2.50. The Labute approximate surface area is 172 Å². The fourth-order valence-electron chi connectivity index (χ4n) is 3.67. The number of hydrogen-bond donors (Lipinski definition) is 3. The summed E-state index contributed by atoms with van der Waals surface area (Å²) in [6.45, 7) is 2.57. The van der Waals surface area contributed by atoms with Crippen LogP contribution in [0.1, 0.15) is 50.5 Å². The number of anilines is 1. The van der Waals surface area contributed by atoms with E-state index >= 15 is 0 Å². The van der Waals surface area contributed by atoms with Crippen molar-refractivity contribution < 1.29 is 9.90 Å². The molecular weight excluding hydrogens is 386 g/mol. The number of carboxylic acid groups (broad SMARTS) is 1. The van der Waals surface area contributed by atoms with Crippen LogP contribution in [0.2, 0.25) is 0 Å². The second-order valence-electron chi connectivity index (χ2n) is 7.94. The Hall–Kier alpha value is -3.23. The minimum absolute atomic E-state index is 0.148. The number of nitrogens with one attached hydrogen (secondary N) is 2. The van der Waals surface area contributed by atoms with Crippen molar-refractivity contribution in [2.75, 3.05) is 5.32 Å². The third kappa shape index (κ3) is 4.34. The van der Waals surface area contributed by atoms with E-state index < -0.39 is 17.2 Å². The molecule has 0 unspecified atom stereocenters. The number of H-pyrrole nitrogens is 1. The van der Waals surface area contributed by atoms with Gasteiger partial charge in [0.05, 0.1) is 11.0 Å². The highest BCUT2D eigenvalue weighted by atomic mass is 16.4. The van der Waals surface area contributed by atoms with Gasteiger partial charge in [-0.1, -0.05) is 12.8 Å². The fourth-order valence-corrected chi connectivity index (χ4v) is 3.67. The number of aryl methyl sites for hydroxylation is 2. The molecule has 9 heteroatoms. The zero-order valence-corrected chi connectivity index (χ0v) is 16.9. The second kappa shape index (κ2) is 8.25. The normalized spacial score (nSPS) is 13.8. The van der Waals surface area contributed by atoms with Crippen molar-refractivity contribution in [3.8, 4) is 11.5 Å². The number of nitrogens with zero attached hydrogens (tertiary/aromatic N) is 3. The van der Waals surface area contributed by atoms with Crippen molar-refractivity contribution in [1.29, 1.82) is 0 Å². The van der Waals surface area contributed by atoms with Crippen LogP contribution in [0.4, 0.5) is 5.69 Å². The Bertz CT molecular complexity index is 1180. The molecule has 0 saturated heterocycles. The van der Waals surface area contributed by atoms with E-state index in [9.17, 15) is 14.4 Å². The number of aromatic nitrogens is 4. The SMILES string of the molecule is Cc1cc2nc3c(=O)[nH]c(=O)nc-3n(CCCCCCC(=O)O)c2cc1NC1CC1. The Morgan fingerprint density at radius 1 is 1.20 bits per heavy atom. The molecule has 1 aromatic carbocycles. The van der Waals surface area contributed by atoms with Gasteiger partial charge in [0.25, 0.3) is 5.56 Å². The van der Waals surface area contributed by atoms with Gasteiger partial charge in [-0.15, -0.1) is 0 Å². The van der Waals surface area contributed by atoms with Crippen LogP contribution in [-0.2, 0) is 11.3 Å². The van der Waals surface area contributed by atoms with Crippen LogP contribution in [0.15, 0.2) is 21.7 Å². The van der Waals surface area contributed by atoms with Crippen LogP contribution in [0, 0.1) is 6.92 Å². The molecule has 3 N–H and O–H groups in total. The van der Waals surface area contributed by atoms with Gasteiger partial charge in [0.15, 0.2) is 11.5 Å². The third-order valence-corrected chi connectivity index (χ3v) is 5.41. The summed E-state index contributed by atoms with van der Waals surface area (Å²) in [7, 11) is 0. The van der Waals surface area contributed by atoms with Gasteiger partial charge in [-0.05, 0) is 50.3 Å². The average molecular weight is 411 g/mol. The molecule has 1 fully saturated rings. The molecule has 0 spiro atoms. The highest BCUT2D eigenvalue weighted by Crippen LogP contribution is 2.31. The van der Waals surface area contributed by atoms with Gasteiger partial charge >= 0.3 is 11.7 Å². The molecule has 2 aliphatic heterocycles. The molecular formula is C21H25N5O4. The van der Waals surface area contributed by atoms with E-state index in [2.05, 4.69) is 20.3 Å². The van der Waals surface area contributed by atoms with Gasteiger partial charge in [-0.3, -0.25) is 14.6 Å². The first-order valence-electron chi connectivity index (χ1n) is 10.4. The number of unbranched alkanes of at least 4 members (excludes halogenated alkanes) is 3. The van der Waals surface area contributed by atoms with Crippen molar-refractivity contribution >= 4 is 22.7 Å². The summed E-state index contributed by atoms with van der Waals surface area (Å²) in [5.41, 5.74) is 2.49. The topological polar surface area (TPSA) is 130 Å². The Morgan fingerprint density at radius 3 is 2.70 bits per heavy atom. The van der Waals surface area contributed by atoms with Crippen LogP contribution in [0.3, 0.4) is 0 Å². The summed E-state index contributed by atoms with van der Waals surface area (Å²) >= 11 is 0. The lowest BCUT2D eigenvalue weighted by molar-refractivity contribution is -0.137. The first-order valence-corrected chi connectivity index (χ1v) is 10.4. The lowest BCUT2D eigenvalue weighted by Crippen LogP contribution is -2.29. The van der Waals surface area contributed by atoms with E-state index in [0.717, 1.165) is 48.9 Å². The summed E-state index contributed by atoms with van der Waals surface area (Å²) in [6.07, 6.45) is 5.54.